The lowest BCUT2D eigenvalue weighted by Crippen LogP contribution is -2.64. The summed E-state index contributed by atoms with van der Waals surface area (Å²) >= 11 is 0. The van der Waals surface area contributed by atoms with E-state index in [9.17, 15) is 0 Å². The second kappa shape index (κ2) is 7.50. The summed E-state index contributed by atoms with van der Waals surface area (Å²) in [4.78, 5) is 0. The van der Waals surface area contributed by atoms with Gasteiger partial charge in [0.1, 0.15) is 0 Å². The molecule has 0 nitrogen and oxygen atoms in total. The predicted octanol–water partition coefficient (Wildman–Crippen LogP) is 9.52. The van der Waals surface area contributed by atoms with Crippen LogP contribution in [0.25, 0.3) is 0 Å². The molecule has 10 atom stereocenters. The minimum atomic E-state index is 0.567. The molecule has 0 aromatic carbocycles. The van der Waals surface area contributed by atoms with E-state index >= 15 is 0 Å². The van der Waals surface area contributed by atoms with Gasteiger partial charge in [-0.1, -0.05) is 67.7 Å². The summed E-state index contributed by atoms with van der Waals surface area (Å²) in [5.74, 6) is 7.13. The van der Waals surface area contributed by atoms with Crippen molar-refractivity contribution in [3.05, 3.63) is 0 Å². The highest BCUT2D eigenvalue weighted by Gasteiger charge is 2.68. The van der Waals surface area contributed by atoms with E-state index in [1.165, 1.54) is 44.9 Å². The third kappa shape index (κ3) is 3.04. The molecule has 31 heavy (non-hydrogen) atoms. The van der Waals surface area contributed by atoms with E-state index in [0.29, 0.717) is 21.7 Å². The fraction of sp³-hybridized carbons (Fsp3) is 1.00. The van der Waals surface area contributed by atoms with E-state index in [-0.39, 0.29) is 0 Å². The SMILES string of the molecule is CCC[C@@H](C)[C@H]1CC[C@H]2[C@H]1CC[C@]1(C)[C@@H]2CC[C@@H]2[C@@]3(C)CCCC(C)(C)[C@@H]3CC[C@]21C. The molecule has 0 aromatic rings. The molecule has 0 heterocycles. The van der Waals surface area contributed by atoms with Crippen LogP contribution in [0.15, 0.2) is 0 Å². The summed E-state index contributed by atoms with van der Waals surface area (Å²) in [6.45, 7) is 18.6. The van der Waals surface area contributed by atoms with Crippen LogP contribution in [0.5, 0.6) is 0 Å². The normalized spacial score (nSPS) is 54.3. The lowest BCUT2D eigenvalue weighted by Gasteiger charge is -2.71. The molecule has 0 N–H and O–H groups in total. The van der Waals surface area contributed by atoms with Crippen LogP contribution >= 0.6 is 0 Å². The third-order valence-electron chi connectivity index (χ3n) is 13.6. The van der Waals surface area contributed by atoms with E-state index in [0.717, 1.165) is 41.4 Å². The van der Waals surface area contributed by atoms with Gasteiger partial charge in [0.2, 0.25) is 0 Å². The summed E-state index contributed by atoms with van der Waals surface area (Å²) in [7, 11) is 0. The molecule has 0 bridgehead atoms. The summed E-state index contributed by atoms with van der Waals surface area (Å²) in [5, 5.41) is 0. The molecular formula is C31H54. The number of hydrogen-bond donors (Lipinski definition) is 0. The maximum atomic E-state index is 2.82. The van der Waals surface area contributed by atoms with Crippen molar-refractivity contribution < 1.29 is 0 Å². The second-order valence-electron chi connectivity index (χ2n) is 14.9. The predicted molar refractivity (Wildman–Crippen MR) is 134 cm³/mol. The average molecular weight is 427 g/mol. The standard InChI is InChI=1S/C31H54/c1-8-10-21(2)22-11-12-24-23(22)15-19-30(6)25(24)13-14-27-29(5)18-9-17-28(3,4)26(29)16-20-31(27,30)7/h21-27H,8-20H2,1-7H3/t21-,22-,23+,24+,25-,26+,27-,29+,30-,31-/m1/s1. The Morgan fingerprint density at radius 2 is 1.45 bits per heavy atom. The molecule has 0 saturated heterocycles. The molecule has 5 aliphatic rings. The monoisotopic (exact) mass is 426 g/mol. The van der Waals surface area contributed by atoms with Crippen molar-refractivity contribution in [3.63, 3.8) is 0 Å². The Morgan fingerprint density at radius 1 is 0.710 bits per heavy atom. The maximum absolute atomic E-state index is 2.82. The van der Waals surface area contributed by atoms with Crippen molar-refractivity contribution in [2.75, 3.05) is 0 Å². The van der Waals surface area contributed by atoms with Crippen LogP contribution in [-0.4, -0.2) is 0 Å². The largest absolute Gasteiger partial charge is 0.0654 e. The molecule has 0 amide bonds. The zero-order valence-electron chi connectivity index (χ0n) is 22.2. The summed E-state index contributed by atoms with van der Waals surface area (Å²) in [6.07, 6.45) is 19.7. The van der Waals surface area contributed by atoms with Crippen LogP contribution in [0.2, 0.25) is 0 Å². The van der Waals surface area contributed by atoms with E-state index in [4.69, 9.17) is 0 Å². The molecule has 0 heteroatoms. The molecule has 5 fully saturated rings. The van der Waals surface area contributed by atoms with Gasteiger partial charge < -0.3 is 0 Å². The highest BCUT2D eigenvalue weighted by atomic mass is 14.7. The zero-order valence-corrected chi connectivity index (χ0v) is 22.2. The topological polar surface area (TPSA) is 0 Å². The Hall–Kier alpha value is 0. The van der Waals surface area contributed by atoms with Gasteiger partial charge in [-0.15, -0.1) is 0 Å². The Morgan fingerprint density at radius 3 is 2.19 bits per heavy atom. The Bertz CT molecular complexity index is 676. The van der Waals surface area contributed by atoms with E-state index in [1.54, 1.807) is 38.5 Å². The van der Waals surface area contributed by atoms with E-state index in [1.807, 2.05) is 0 Å². The summed E-state index contributed by atoms with van der Waals surface area (Å²) in [6, 6.07) is 0. The van der Waals surface area contributed by atoms with Gasteiger partial charge in [-0.05, 0) is 127 Å². The van der Waals surface area contributed by atoms with Crippen molar-refractivity contribution in [3.8, 4) is 0 Å². The first kappa shape index (κ1) is 22.8. The van der Waals surface area contributed by atoms with Crippen molar-refractivity contribution >= 4 is 0 Å². The van der Waals surface area contributed by atoms with Crippen molar-refractivity contribution in [1.82, 2.24) is 0 Å². The quantitative estimate of drug-likeness (QED) is 0.421. The molecule has 0 aromatic heterocycles. The molecular weight excluding hydrogens is 372 g/mol. The first-order valence-electron chi connectivity index (χ1n) is 14.6. The first-order valence-corrected chi connectivity index (χ1v) is 14.6. The van der Waals surface area contributed by atoms with Crippen LogP contribution in [0, 0.1) is 63.1 Å². The third-order valence-corrected chi connectivity index (χ3v) is 13.6. The second-order valence-corrected chi connectivity index (χ2v) is 14.9. The number of rotatable bonds is 3. The number of hydrogen-bond acceptors (Lipinski definition) is 0. The number of fused-ring (bicyclic) bond motifs is 7. The van der Waals surface area contributed by atoms with E-state index in [2.05, 4.69) is 48.5 Å². The van der Waals surface area contributed by atoms with E-state index < -0.39 is 0 Å². The lowest BCUT2D eigenvalue weighted by molar-refractivity contribution is -0.227. The van der Waals surface area contributed by atoms with Crippen molar-refractivity contribution in [2.24, 2.45) is 63.1 Å². The molecule has 0 aliphatic heterocycles. The average Bonchev–Trinajstić information content (AvgIpc) is 3.12. The van der Waals surface area contributed by atoms with Gasteiger partial charge in [0, 0.05) is 0 Å². The maximum Gasteiger partial charge on any atom is -0.0235 e. The molecule has 0 radical (unpaired) electrons. The van der Waals surface area contributed by atoms with Crippen LogP contribution in [0.1, 0.15) is 132 Å². The minimum absolute atomic E-state index is 0.567. The van der Waals surface area contributed by atoms with Crippen LogP contribution in [-0.2, 0) is 0 Å². The smallest absolute Gasteiger partial charge is 0.0235 e. The molecule has 5 saturated carbocycles. The summed E-state index contributed by atoms with van der Waals surface area (Å²) < 4.78 is 0. The minimum Gasteiger partial charge on any atom is -0.0654 e. The van der Waals surface area contributed by atoms with Crippen LogP contribution in [0.3, 0.4) is 0 Å². The molecule has 5 aliphatic carbocycles. The van der Waals surface area contributed by atoms with Gasteiger partial charge >= 0.3 is 0 Å². The zero-order chi connectivity index (χ0) is 22.2. The lowest BCUT2D eigenvalue weighted by atomic mass is 9.33. The van der Waals surface area contributed by atoms with Crippen LogP contribution < -0.4 is 0 Å². The Balaban J connectivity index is 1.44. The van der Waals surface area contributed by atoms with Gasteiger partial charge in [0.05, 0.1) is 0 Å². The van der Waals surface area contributed by atoms with Gasteiger partial charge in [0.15, 0.2) is 0 Å². The van der Waals surface area contributed by atoms with Gasteiger partial charge in [-0.2, -0.15) is 0 Å². The van der Waals surface area contributed by atoms with Gasteiger partial charge in [-0.25, -0.2) is 0 Å². The fourth-order valence-corrected chi connectivity index (χ4v) is 12.1. The Kier molecular flexibility index (Phi) is 5.51. The molecule has 0 unspecified atom stereocenters. The summed E-state index contributed by atoms with van der Waals surface area (Å²) in [5.41, 5.74) is 2.37. The molecule has 0 spiro atoms. The van der Waals surface area contributed by atoms with Crippen molar-refractivity contribution in [1.29, 1.82) is 0 Å². The molecule has 178 valence electrons. The highest BCUT2D eigenvalue weighted by Crippen LogP contribution is 2.75. The van der Waals surface area contributed by atoms with Gasteiger partial charge in [-0.3, -0.25) is 0 Å². The Labute approximate surface area is 195 Å². The first-order chi connectivity index (χ1) is 14.6. The van der Waals surface area contributed by atoms with Crippen LogP contribution in [0.4, 0.5) is 0 Å². The highest BCUT2D eigenvalue weighted by molar-refractivity contribution is 5.16. The van der Waals surface area contributed by atoms with Gasteiger partial charge in [0.25, 0.3) is 0 Å². The fourth-order valence-electron chi connectivity index (χ4n) is 12.1. The van der Waals surface area contributed by atoms with Crippen molar-refractivity contribution in [2.45, 2.75) is 132 Å². The molecule has 5 rings (SSSR count).